The van der Waals surface area contributed by atoms with Crippen LogP contribution in [-0.2, 0) is 17.9 Å². The van der Waals surface area contributed by atoms with Crippen molar-refractivity contribution in [2.45, 2.75) is 39.0 Å². The van der Waals surface area contributed by atoms with Crippen molar-refractivity contribution in [2.75, 3.05) is 12.8 Å². The number of fused-ring (bicyclic) bond motifs is 1. The highest BCUT2D eigenvalue weighted by molar-refractivity contribution is 7.99. The quantitative estimate of drug-likeness (QED) is 0.459. The van der Waals surface area contributed by atoms with Gasteiger partial charge in [-0.3, -0.25) is 14.2 Å². The van der Waals surface area contributed by atoms with Crippen LogP contribution in [0.2, 0.25) is 0 Å². The molecule has 0 aliphatic heterocycles. The summed E-state index contributed by atoms with van der Waals surface area (Å²) in [6.07, 6.45) is 0. The predicted octanol–water partition coefficient (Wildman–Crippen LogP) is 3.91. The third-order valence-electron chi connectivity index (χ3n) is 4.29. The monoisotopic (exact) mass is 407 g/mol. The van der Waals surface area contributed by atoms with Gasteiger partial charge in [-0.1, -0.05) is 17.8 Å². The largest absolute Gasteiger partial charge is 0.340 e. The molecule has 0 atom stereocenters. The van der Waals surface area contributed by atoms with Crippen LogP contribution < -0.4 is 5.56 Å². The zero-order valence-corrected chi connectivity index (χ0v) is 17.7. The maximum atomic E-state index is 12.8. The first-order valence-corrected chi connectivity index (χ1v) is 11.0. The average Bonchev–Trinajstić information content (AvgIpc) is 3.21. The summed E-state index contributed by atoms with van der Waals surface area (Å²) in [4.78, 5) is 34.7. The normalized spacial score (nSPS) is 11.2. The molecule has 0 saturated carbocycles. The number of aryl methyl sites for hydroxylation is 2. The highest BCUT2D eigenvalue weighted by Crippen LogP contribution is 2.28. The Morgan fingerprint density at radius 2 is 2.15 bits per heavy atom. The SMILES string of the molecule is CCn1c(SCC(=O)N(C)Cc2cccs2)nc2sc(C)c(C)c2c1=O. The molecule has 138 valence electrons. The minimum absolute atomic E-state index is 0.0127. The lowest BCUT2D eigenvalue weighted by Crippen LogP contribution is -2.28. The van der Waals surface area contributed by atoms with Crippen LogP contribution in [0.25, 0.3) is 10.2 Å². The fourth-order valence-electron chi connectivity index (χ4n) is 2.66. The van der Waals surface area contributed by atoms with Gasteiger partial charge in [0.25, 0.3) is 5.56 Å². The summed E-state index contributed by atoms with van der Waals surface area (Å²) in [5.41, 5.74) is 0.995. The highest BCUT2D eigenvalue weighted by Gasteiger charge is 2.18. The van der Waals surface area contributed by atoms with Crippen molar-refractivity contribution in [3.63, 3.8) is 0 Å². The van der Waals surface area contributed by atoms with Crippen LogP contribution in [-0.4, -0.2) is 33.2 Å². The number of nitrogens with zero attached hydrogens (tertiary/aromatic N) is 3. The summed E-state index contributed by atoms with van der Waals surface area (Å²) in [6.45, 7) is 7.05. The number of carbonyl (C=O) groups excluding carboxylic acids is 1. The van der Waals surface area contributed by atoms with Gasteiger partial charge in [-0.25, -0.2) is 4.98 Å². The van der Waals surface area contributed by atoms with Crippen LogP contribution in [0.15, 0.2) is 27.5 Å². The van der Waals surface area contributed by atoms with E-state index in [1.165, 1.54) is 23.1 Å². The van der Waals surface area contributed by atoms with E-state index < -0.39 is 0 Å². The Hall–Kier alpha value is -1.64. The van der Waals surface area contributed by atoms with Crippen LogP contribution in [0.4, 0.5) is 0 Å². The van der Waals surface area contributed by atoms with Gasteiger partial charge in [0.05, 0.1) is 17.7 Å². The van der Waals surface area contributed by atoms with Gasteiger partial charge < -0.3 is 4.90 Å². The number of hydrogen-bond donors (Lipinski definition) is 0. The first kappa shape index (κ1) is 19.1. The van der Waals surface area contributed by atoms with Gasteiger partial charge >= 0.3 is 0 Å². The lowest BCUT2D eigenvalue weighted by atomic mass is 10.2. The van der Waals surface area contributed by atoms with E-state index >= 15 is 0 Å². The predicted molar refractivity (Wildman–Crippen MR) is 111 cm³/mol. The minimum atomic E-state index is -0.0127. The standard InChI is InChI=1S/C18H21N3O2S3/c1-5-21-17(23)15-11(2)12(3)26-16(15)19-18(21)25-10-14(22)20(4)9-13-7-6-8-24-13/h6-8H,5,9-10H2,1-4H3. The zero-order valence-electron chi connectivity index (χ0n) is 15.2. The summed E-state index contributed by atoms with van der Waals surface area (Å²) in [5, 5.41) is 3.33. The number of aromatic nitrogens is 2. The second-order valence-electron chi connectivity index (χ2n) is 6.03. The van der Waals surface area contributed by atoms with Crippen molar-refractivity contribution >= 4 is 50.6 Å². The number of rotatable bonds is 6. The zero-order chi connectivity index (χ0) is 18.8. The van der Waals surface area contributed by atoms with Crippen LogP contribution >= 0.6 is 34.4 Å². The lowest BCUT2D eigenvalue weighted by molar-refractivity contribution is -0.127. The Balaban J connectivity index is 1.80. The van der Waals surface area contributed by atoms with E-state index in [2.05, 4.69) is 4.98 Å². The molecule has 0 unspecified atom stereocenters. The Bertz CT molecular complexity index is 989. The fourth-order valence-corrected chi connectivity index (χ4v) is 5.49. The second-order valence-corrected chi connectivity index (χ2v) is 9.20. The van der Waals surface area contributed by atoms with Crippen molar-refractivity contribution in [3.8, 4) is 0 Å². The van der Waals surface area contributed by atoms with Crippen molar-refractivity contribution in [1.82, 2.24) is 14.5 Å². The summed E-state index contributed by atoms with van der Waals surface area (Å²) < 4.78 is 1.67. The molecule has 3 heterocycles. The molecular weight excluding hydrogens is 386 g/mol. The molecule has 3 aromatic heterocycles. The molecule has 0 saturated heterocycles. The molecule has 3 aromatic rings. The molecule has 0 N–H and O–H groups in total. The molecule has 0 fully saturated rings. The maximum absolute atomic E-state index is 12.8. The van der Waals surface area contributed by atoms with Gasteiger partial charge in [-0.2, -0.15) is 0 Å². The van der Waals surface area contributed by atoms with Gasteiger partial charge in [0.1, 0.15) is 4.83 Å². The van der Waals surface area contributed by atoms with E-state index in [1.54, 1.807) is 27.9 Å². The topological polar surface area (TPSA) is 55.2 Å². The Labute approximate surface area is 164 Å². The van der Waals surface area contributed by atoms with Crippen LogP contribution in [0, 0.1) is 13.8 Å². The first-order chi connectivity index (χ1) is 12.4. The smallest absolute Gasteiger partial charge is 0.263 e. The molecule has 0 aliphatic carbocycles. The van der Waals surface area contributed by atoms with Crippen LogP contribution in [0.1, 0.15) is 22.2 Å². The molecule has 8 heteroatoms. The third-order valence-corrected chi connectivity index (χ3v) is 7.22. The summed E-state index contributed by atoms with van der Waals surface area (Å²) in [5.74, 6) is 0.294. The molecule has 3 rings (SSSR count). The maximum Gasteiger partial charge on any atom is 0.263 e. The summed E-state index contributed by atoms with van der Waals surface area (Å²) in [7, 11) is 1.80. The Kier molecular flexibility index (Phi) is 5.84. The van der Waals surface area contributed by atoms with Crippen molar-refractivity contribution in [3.05, 3.63) is 43.2 Å². The second kappa shape index (κ2) is 7.94. The van der Waals surface area contributed by atoms with Crippen LogP contribution in [0.5, 0.6) is 0 Å². The highest BCUT2D eigenvalue weighted by atomic mass is 32.2. The number of thiophene rings is 2. The molecule has 0 bridgehead atoms. The average molecular weight is 408 g/mol. The number of hydrogen-bond acceptors (Lipinski definition) is 6. The molecule has 1 amide bonds. The van der Waals surface area contributed by atoms with E-state index in [0.717, 1.165) is 20.1 Å². The molecule has 0 spiro atoms. The Morgan fingerprint density at radius 1 is 1.38 bits per heavy atom. The van der Waals surface area contributed by atoms with E-state index in [9.17, 15) is 9.59 Å². The van der Waals surface area contributed by atoms with E-state index in [1.807, 2.05) is 38.3 Å². The summed E-state index contributed by atoms with van der Waals surface area (Å²) >= 11 is 4.51. The first-order valence-electron chi connectivity index (χ1n) is 8.32. The van der Waals surface area contributed by atoms with Gasteiger partial charge in [0, 0.05) is 23.3 Å². The molecule has 0 aliphatic rings. The molecule has 26 heavy (non-hydrogen) atoms. The molecule has 5 nitrogen and oxygen atoms in total. The molecular formula is C18H21N3O2S3. The fraction of sp³-hybridized carbons (Fsp3) is 0.389. The van der Waals surface area contributed by atoms with Gasteiger partial charge in [0.15, 0.2) is 5.16 Å². The van der Waals surface area contributed by atoms with E-state index in [0.29, 0.717) is 23.6 Å². The third kappa shape index (κ3) is 3.72. The van der Waals surface area contributed by atoms with Crippen molar-refractivity contribution in [1.29, 1.82) is 0 Å². The lowest BCUT2D eigenvalue weighted by Gasteiger charge is -2.16. The van der Waals surface area contributed by atoms with Crippen LogP contribution in [0.3, 0.4) is 0 Å². The van der Waals surface area contributed by atoms with Gasteiger partial charge in [0.2, 0.25) is 5.91 Å². The Morgan fingerprint density at radius 3 is 2.81 bits per heavy atom. The minimum Gasteiger partial charge on any atom is -0.340 e. The van der Waals surface area contributed by atoms with Crippen molar-refractivity contribution in [2.24, 2.45) is 0 Å². The number of thioether (sulfide) groups is 1. The van der Waals surface area contributed by atoms with Gasteiger partial charge in [-0.05, 0) is 37.8 Å². The van der Waals surface area contributed by atoms with E-state index in [-0.39, 0.29) is 17.2 Å². The van der Waals surface area contributed by atoms with E-state index in [4.69, 9.17) is 0 Å². The molecule has 0 radical (unpaired) electrons. The number of amides is 1. The molecule has 0 aromatic carbocycles. The van der Waals surface area contributed by atoms with Crippen molar-refractivity contribution < 1.29 is 4.79 Å². The van der Waals surface area contributed by atoms with Gasteiger partial charge in [-0.15, -0.1) is 22.7 Å². The number of carbonyl (C=O) groups is 1. The summed E-state index contributed by atoms with van der Waals surface area (Å²) in [6, 6.07) is 4.00.